The van der Waals surface area contributed by atoms with E-state index in [0.29, 0.717) is 15.9 Å². The number of carboxylic acids is 1. The standard InChI is InChI=1S/C9H8ClN5O2S/c10-6-1-2-11-7(3-6)5-18-9-12-13-14-15(9)4-8(16)17/h1-3H,4-5H2,(H,16,17). The van der Waals surface area contributed by atoms with Gasteiger partial charge in [-0.25, -0.2) is 4.68 Å². The second-order valence-electron chi connectivity index (χ2n) is 3.27. The van der Waals surface area contributed by atoms with Crippen LogP contribution < -0.4 is 0 Å². The van der Waals surface area contributed by atoms with E-state index in [1.807, 2.05) is 0 Å². The zero-order valence-corrected chi connectivity index (χ0v) is 10.6. The maximum atomic E-state index is 10.6. The van der Waals surface area contributed by atoms with Gasteiger partial charge in [-0.3, -0.25) is 9.78 Å². The van der Waals surface area contributed by atoms with E-state index in [4.69, 9.17) is 16.7 Å². The summed E-state index contributed by atoms with van der Waals surface area (Å²) in [7, 11) is 0. The van der Waals surface area contributed by atoms with Crippen molar-refractivity contribution in [2.75, 3.05) is 0 Å². The van der Waals surface area contributed by atoms with Crippen molar-refractivity contribution in [3.63, 3.8) is 0 Å². The van der Waals surface area contributed by atoms with Gasteiger partial charge in [0.1, 0.15) is 6.54 Å². The highest BCUT2D eigenvalue weighted by Gasteiger charge is 2.10. The van der Waals surface area contributed by atoms with E-state index in [-0.39, 0.29) is 6.54 Å². The number of rotatable bonds is 5. The lowest BCUT2D eigenvalue weighted by Gasteiger charge is -2.01. The molecule has 2 aromatic heterocycles. The van der Waals surface area contributed by atoms with Gasteiger partial charge in [0.05, 0.1) is 5.69 Å². The van der Waals surface area contributed by atoms with Gasteiger partial charge >= 0.3 is 5.97 Å². The normalized spacial score (nSPS) is 10.5. The number of thioether (sulfide) groups is 1. The van der Waals surface area contributed by atoms with Crippen molar-refractivity contribution >= 4 is 29.3 Å². The van der Waals surface area contributed by atoms with Crippen LogP contribution in [0, 0.1) is 0 Å². The quantitative estimate of drug-likeness (QED) is 0.822. The van der Waals surface area contributed by atoms with E-state index in [2.05, 4.69) is 20.5 Å². The lowest BCUT2D eigenvalue weighted by Crippen LogP contribution is -2.11. The minimum Gasteiger partial charge on any atom is -0.480 e. The Bertz CT molecular complexity index is 561. The molecule has 2 heterocycles. The number of nitrogens with zero attached hydrogens (tertiary/aromatic N) is 5. The molecule has 2 aromatic rings. The van der Waals surface area contributed by atoms with E-state index in [9.17, 15) is 4.79 Å². The number of tetrazole rings is 1. The van der Waals surface area contributed by atoms with Crippen LogP contribution in [0.2, 0.25) is 5.02 Å². The summed E-state index contributed by atoms with van der Waals surface area (Å²) in [5, 5.41) is 20.5. The molecule has 7 nitrogen and oxygen atoms in total. The highest BCUT2D eigenvalue weighted by Crippen LogP contribution is 2.20. The van der Waals surface area contributed by atoms with Crippen LogP contribution in [0.4, 0.5) is 0 Å². The first kappa shape index (κ1) is 12.8. The van der Waals surface area contributed by atoms with Crippen molar-refractivity contribution in [3.8, 4) is 0 Å². The molecule has 0 radical (unpaired) electrons. The molecule has 0 amide bonds. The highest BCUT2D eigenvalue weighted by molar-refractivity contribution is 7.98. The Kier molecular flexibility index (Phi) is 4.11. The number of halogens is 1. The molecule has 0 aliphatic carbocycles. The van der Waals surface area contributed by atoms with Crippen molar-refractivity contribution in [3.05, 3.63) is 29.0 Å². The molecule has 2 rings (SSSR count). The molecule has 0 saturated heterocycles. The molecule has 0 fully saturated rings. The van der Waals surface area contributed by atoms with Crippen molar-refractivity contribution in [1.29, 1.82) is 0 Å². The fourth-order valence-electron chi connectivity index (χ4n) is 1.19. The van der Waals surface area contributed by atoms with Crippen LogP contribution in [0.25, 0.3) is 0 Å². The van der Waals surface area contributed by atoms with Gasteiger partial charge in [0.25, 0.3) is 0 Å². The molecule has 0 spiro atoms. The van der Waals surface area contributed by atoms with Gasteiger partial charge in [-0.2, -0.15) is 0 Å². The molecule has 0 atom stereocenters. The van der Waals surface area contributed by atoms with Crippen LogP contribution in [0.3, 0.4) is 0 Å². The molecule has 1 N–H and O–H groups in total. The second kappa shape index (κ2) is 5.78. The number of aliphatic carboxylic acids is 1. The zero-order chi connectivity index (χ0) is 13.0. The van der Waals surface area contributed by atoms with E-state index in [1.165, 1.54) is 16.4 Å². The number of aromatic nitrogens is 5. The van der Waals surface area contributed by atoms with Crippen LogP contribution in [0.15, 0.2) is 23.5 Å². The van der Waals surface area contributed by atoms with Crippen molar-refractivity contribution in [2.45, 2.75) is 17.5 Å². The summed E-state index contributed by atoms with van der Waals surface area (Å²) >= 11 is 7.13. The Labute approximate surface area is 111 Å². The summed E-state index contributed by atoms with van der Waals surface area (Å²) < 4.78 is 1.22. The van der Waals surface area contributed by atoms with Gasteiger partial charge in [0, 0.05) is 17.0 Å². The molecule has 0 bridgehead atoms. The van der Waals surface area contributed by atoms with Crippen LogP contribution in [0.1, 0.15) is 5.69 Å². The first-order valence-electron chi connectivity index (χ1n) is 4.86. The van der Waals surface area contributed by atoms with Gasteiger partial charge in [0.2, 0.25) is 5.16 Å². The smallest absolute Gasteiger partial charge is 0.325 e. The Morgan fingerprint density at radius 1 is 1.56 bits per heavy atom. The van der Waals surface area contributed by atoms with Crippen molar-refractivity contribution in [2.24, 2.45) is 0 Å². The molecule has 9 heteroatoms. The molecular formula is C9H8ClN5O2S. The monoisotopic (exact) mass is 285 g/mol. The summed E-state index contributed by atoms with van der Waals surface area (Å²) in [5.74, 6) is -0.481. The Balaban J connectivity index is 2.02. The topological polar surface area (TPSA) is 93.8 Å². The molecule has 18 heavy (non-hydrogen) atoms. The summed E-state index contributed by atoms with van der Waals surface area (Å²) in [4.78, 5) is 14.7. The van der Waals surface area contributed by atoms with Crippen molar-refractivity contribution < 1.29 is 9.90 Å². The molecule has 0 saturated carbocycles. The maximum absolute atomic E-state index is 10.6. The summed E-state index contributed by atoms with van der Waals surface area (Å²) in [6.45, 7) is -0.266. The number of hydrogen-bond acceptors (Lipinski definition) is 6. The average Bonchev–Trinajstić information content (AvgIpc) is 2.73. The van der Waals surface area contributed by atoms with Crippen molar-refractivity contribution in [1.82, 2.24) is 25.2 Å². The van der Waals surface area contributed by atoms with Gasteiger partial charge in [-0.1, -0.05) is 23.4 Å². The highest BCUT2D eigenvalue weighted by atomic mass is 35.5. The molecule has 0 aliphatic heterocycles. The minimum absolute atomic E-state index is 0.266. The largest absolute Gasteiger partial charge is 0.480 e. The van der Waals surface area contributed by atoms with E-state index >= 15 is 0 Å². The Morgan fingerprint density at radius 3 is 3.11 bits per heavy atom. The first-order valence-corrected chi connectivity index (χ1v) is 6.22. The van der Waals surface area contributed by atoms with Crippen LogP contribution in [-0.4, -0.2) is 36.3 Å². The van der Waals surface area contributed by atoms with E-state index in [1.54, 1.807) is 18.3 Å². The Morgan fingerprint density at radius 2 is 2.39 bits per heavy atom. The van der Waals surface area contributed by atoms with Gasteiger partial charge in [-0.15, -0.1) is 5.10 Å². The number of pyridine rings is 1. The van der Waals surface area contributed by atoms with E-state index in [0.717, 1.165) is 5.69 Å². The fourth-order valence-corrected chi connectivity index (χ4v) is 2.15. The zero-order valence-electron chi connectivity index (χ0n) is 9.02. The lowest BCUT2D eigenvalue weighted by atomic mass is 10.4. The van der Waals surface area contributed by atoms with Gasteiger partial charge in [0.15, 0.2) is 0 Å². The molecular weight excluding hydrogens is 278 g/mol. The third-order valence-electron chi connectivity index (χ3n) is 1.91. The molecule has 94 valence electrons. The third-order valence-corrected chi connectivity index (χ3v) is 3.14. The Hall–Kier alpha value is -1.67. The van der Waals surface area contributed by atoms with Crippen LogP contribution >= 0.6 is 23.4 Å². The van der Waals surface area contributed by atoms with E-state index < -0.39 is 5.97 Å². The maximum Gasteiger partial charge on any atom is 0.325 e. The molecule has 0 aromatic carbocycles. The summed E-state index contributed by atoms with van der Waals surface area (Å²) in [5.41, 5.74) is 0.775. The van der Waals surface area contributed by atoms with Crippen LogP contribution in [-0.2, 0) is 17.1 Å². The second-order valence-corrected chi connectivity index (χ2v) is 4.65. The predicted molar refractivity (Wildman–Crippen MR) is 64.3 cm³/mol. The lowest BCUT2D eigenvalue weighted by molar-refractivity contribution is -0.138. The summed E-state index contributed by atoms with van der Waals surface area (Å²) in [6.07, 6.45) is 1.61. The third kappa shape index (κ3) is 3.41. The predicted octanol–water partition coefficient (Wildman–Crippen LogP) is 1.10. The SMILES string of the molecule is O=C(O)Cn1nnnc1SCc1cc(Cl)ccn1. The minimum atomic E-state index is -0.995. The molecule has 0 unspecified atom stereocenters. The number of carbonyl (C=O) groups is 1. The fraction of sp³-hybridized carbons (Fsp3) is 0.222. The van der Waals surface area contributed by atoms with Gasteiger partial charge < -0.3 is 5.11 Å². The number of carboxylic acid groups (broad SMARTS) is 1. The first-order chi connectivity index (χ1) is 8.65. The molecule has 0 aliphatic rings. The number of hydrogen-bond donors (Lipinski definition) is 1. The van der Waals surface area contributed by atoms with Gasteiger partial charge in [-0.05, 0) is 22.6 Å². The average molecular weight is 286 g/mol. The summed E-state index contributed by atoms with van der Waals surface area (Å²) in [6, 6.07) is 3.42. The van der Waals surface area contributed by atoms with Crippen LogP contribution in [0.5, 0.6) is 0 Å².